The zero-order chi connectivity index (χ0) is 14.9. The quantitative estimate of drug-likeness (QED) is 0.846. The van der Waals surface area contributed by atoms with Crippen molar-refractivity contribution in [1.29, 1.82) is 0 Å². The predicted molar refractivity (Wildman–Crippen MR) is 80.3 cm³/mol. The van der Waals surface area contributed by atoms with Crippen LogP contribution in [0.1, 0.15) is 45.1 Å². The molecule has 1 atom stereocenters. The maximum Gasteiger partial charge on any atom is 0.319 e. The number of carbonyl (C=O) groups excluding carboxylic acids is 1. The monoisotopic (exact) mass is 292 g/mol. The van der Waals surface area contributed by atoms with Crippen LogP contribution in [-0.4, -0.2) is 35.1 Å². The number of rotatable bonds is 6. The summed E-state index contributed by atoms with van der Waals surface area (Å²) >= 11 is 0. The Balaban J connectivity index is 1.54. The van der Waals surface area contributed by atoms with Gasteiger partial charge >= 0.3 is 6.03 Å². The van der Waals surface area contributed by atoms with E-state index >= 15 is 0 Å². The van der Waals surface area contributed by atoms with Crippen molar-refractivity contribution < 1.29 is 9.53 Å². The lowest BCUT2D eigenvalue weighted by molar-refractivity contribution is 0.0648. The van der Waals surface area contributed by atoms with E-state index in [4.69, 9.17) is 4.74 Å². The average molecular weight is 292 g/mol. The fourth-order valence-corrected chi connectivity index (χ4v) is 3.01. The van der Waals surface area contributed by atoms with Gasteiger partial charge < -0.3 is 15.4 Å². The molecular weight excluding hydrogens is 268 g/mol. The normalized spacial score (nSPS) is 21.4. The fraction of sp³-hybridized carbons (Fsp3) is 0.733. The van der Waals surface area contributed by atoms with Gasteiger partial charge in [0.25, 0.3) is 0 Å². The number of methoxy groups -OCH3 is 1. The molecule has 0 radical (unpaired) electrons. The molecule has 0 unspecified atom stereocenters. The lowest BCUT2D eigenvalue weighted by atomic mass is 9.77. The minimum Gasteiger partial charge on any atom is -0.382 e. The third kappa shape index (κ3) is 3.20. The standard InChI is InChI=1S/C15H24N4O2/c1-11(12-4-5-12)19-9-13(8-16-19)17-14(20)18-15(10-21-2)6-3-7-15/h8-9,11-12H,3-7,10H2,1-2H3,(H2,17,18,20)/t11-/m0/s1. The molecule has 2 aliphatic carbocycles. The van der Waals surface area contributed by atoms with Crippen LogP contribution >= 0.6 is 0 Å². The number of ether oxygens (including phenoxy) is 1. The fourth-order valence-electron chi connectivity index (χ4n) is 3.01. The van der Waals surface area contributed by atoms with E-state index in [1.54, 1.807) is 13.3 Å². The summed E-state index contributed by atoms with van der Waals surface area (Å²) in [6.45, 7) is 2.74. The van der Waals surface area contributed by atoms with Gasteiger partial charge in [0.15, 0.2) is 0 Å². The van der Waals surface area contributed by atoms with E-state index in [9.17, 15) is 4.79 Å². The minimum atomic E-state index is -0.184. The van der Waals surface area contributed by atoms with Crippen LogP contribution in [0.15, 0.2) is 12.4 Å². The van der Waals surface area contributed by atoms with E-state index < -0.39 is 0 Å². The van der Waals surface area contributed by atoms with Gasteiger partial charge in [-0.05, 0) is 44.9 Å². The van der Waals surface area contributed by atoms with Crippen LogP contribution in [0.2, 0.25) is 0 Å². The molecule has 0 aliphatic heterocycles. The average Bonchev–Trinajstić information content (AvgIpc) is 3.16. The van der Waals surface area contributed by atoms with E-state index in [2.05, 4.69) is 22.7 Å². The van der Waals surface area contributed by atoms with Crippen LogP contribution in [0.4, 0.5) is 10.5 Å². The number of hydrogen-bond acceptors (Lipinski definition) is 3. The van der Waals surface area contributed by atoms with Gasteiger partial charge in [0, 0.05) is 13.3 Å². The molecule has 3 rings (SSSR count). The van der Waals surface area contributed by atoms with Crippen LogP contribution in [0.5, 0.6) is 0 Å². The topological polar surface area (TPSA) is 68.2 Å². The zero-order valence-electron chi connectivity index (χ0n) is 12.8. The van der Waals surface area contributed by atoms with Crippen molar-refractivity contribution in [1.82, 2.24) is 15.1 Å². The molecule has 0 bridgehead atoms. The Morgan fingerprint density at radius 3 is 2.90 bits per heavy atom. The van der Waals surface area contributed by atoms with Crippen LogP contribution in [0.25, 0.3) is 0 Å². The Kier molecular flexibility index (Phi) is 3.89. The summed E-state index contributed by atoms with van der Waals surface area (Å²) in [5.41, 5.74) is 0.558. The van der Waals surface area contributed by atoms with E-state index in [1.807, 2.05) is 10.9 Å². The first kappa shape index (κ1) is 14.4. The number of aromatic nitrogens is 2. The molecule has 116 valence electrons. The van der Waals surface area contributed by atoms with Crippen LogP contribution in [0, 0.1) is 5.92 Å². The van der Waals surface area contributed by atoms with E-state index in [0.717, 1.165) is 30.9 Å². The molecule has 2 saturated carbocycles. The highest BCUT2D eigenvalue weighted by Crippen LogP contribution is 2.39. The largest absolute Gasteiger partial charge is 0.382 e. The molecule has 2 N–H and O–H groups in total. The van der Waals surface area contributed by atoms with Gasteiger partial charge in [-0.2, -0.15) is 5.10 Å². The number of hydrogen-bond donors (Lipinski definition) is 2. The van der Waals surface area contributed by atoms with Crippen molar-refractivity contribution in [2.75, 3.05) is 19.0 Å². The molecule has 1 heterocycles. The predicted octanol–water partition coefficient (Wildman–Crippen LogP) is 2.54. The number of carbonyl (C=O) groups is 1. The number of anilines is 1. The summed E-state index contributed by atoms with van der Waals surface area (Å²) in [4.78, 5) is 12.1. The Morgan fingerprint density at radius 1 is 1.57 bits per heavy atom. The van der Waals surface area contributed by atoms with Gasteiger partial charge in [0.2, 0.25) is 0 Å². The molecule has 6 heteroatoms. The summed E-state index contributed by atoms with van der Waals surface area (Å²) < 4.78 is 7.16. The van der Waals surface area contributed by atoms with Gasteiger partial charge in [0.1, 0.15) is 0 Å². The Labute approximate surface area is 125 Å². The second kappa shape index (κ2) is 5.67. The summed E-state index contributed by atoms with van der Waals surface area (Å²) in [5.74, 6) is 0.742. The second-order valence-electron chi connectivity index (χ2n) is 6.43. The van der Waals surface area contributed by atoms with Gasteiger partial charge in [-0.3, -0.25) is 4.68 Å². The van der Waals surface area contributed by atoms with Gasteiger partial charge in [-0.25, -0.2) is 4.79 Å². The molecule has 2 aliphatic rings. The van der Waals surface area contributed by atoms with Crippen LogP contribution in [0.3, 0.4) is 0 Å². The summed E-state index contributed by atoms with van der Waals surface area (Å²) in [6, 6.07) is 0.237. The molecule has 2 fully saturated rings. The summed E-state index contributed by atoms with van der Waals surface area (Å²) in [5, 5.41) is 10.3. The highest BCUT2D eigenvalue weighted by Gasteiger charge is 2.38. The Hall–Kier alpha value is -1.56. The Bertz CT molecular complexity index is 506. The lowest BCUT2D eigenvalue weighted by Crippen LogP contribution is -2.57. The zero-order valence-corrected chi connectivity index (χ0v) is 12.8. The van der Waals surface area contributed by atoms with E-state index in [-0.39, 0.29) is 11.6 Å². The van der Waals surface area contributed by atoms with E-state index in [0.29, 0.717) is 12.6 Å². The molecule has 0 aromatic carbocycles. The first-order chi connectivity index (χ1) is 10.1. The third-order valence-corrected chi connectivity index (χ3v) is 4.69. The first-order valence-electron chi connectivity index (χ1n) is 7.74. The summed E-state index contributed by atoms with van der Waals surface area (Å²) in [6.07, 6.45) is 9.28. The number of nitrogens with one attached hydrogen (secondary N) is 2. The lowest BCUT2D eigenvalue weighted by Gasteiger charge is -2.41. The van der Waals surface area contributed by atoms with Crippen molar-refractivity contribution in [2.24, 2.45) is 5.92 Å². The number of amides is 2. The SMILES string of the molecule is COCC1(NC(=O)Nc2cnn([C@@H](C)C3CC3)c2)CCC1. The van der Waals surface area contributed by atoms with Crippen molar-refractivity contribution in [3.63, 3.8) is 0 Å². The van der Waals surface area contributed by atoms with Crippen molar-refractivity contribution in [3.05, 3.63) is 12.4 Å². The number of urea groups is 1. The smallest absolute Gasteiger partial charge is 0.319 e. The molecule has 21 heavy (non-hydrogen) atoms. The highest BCUT2D eigenvalue weighted by molar-refractivity contribution is 5.89. The maximum absolute atomic E-state index is 12.1. The first-order valence-corrected chi connectivity index (χ1v) is 7.74. The molecule has 1 aromatic heterocycles. The van der Waals surface area contributed by atoms with Gasteiger partial charge in [-0.15, -0.1) is 0 Å². The van der Waals surface area contributed by atoms with Crippen molar-refractivity contribution >= 4 is 11.7 Å². The molecular formula is C15H24N4O2. The van der Waals surface area contributed by atoms with Crippen molar-refractivity contribution in [2.45, 2.75) is 50.6 Å². The molecule has 0 spiro atoms. The molecule has 2 amide bonds. The molecule has 6 nitrogen and oxygen atoms in total. The Morgan fingerprint density at radius 2 is 2.33 bits per heavy atom. The maximum atomic E-state index is 12.1. The highest BCUT2D eigenvalue weighted by atomic mass is 16.5. The number of nitrogens with zero attached hydrogens (tertiary/aromatic N) is 2. The van der Waals surface area contributed by atoms with Crippen LogP contribution in [-0.2, 0) is 4.74 Å². The van der Waals surface area contributed by atoms with Gasteiger partial charge in [-0.1, -0.05) is 0 Å². The minimum absolute atomic E-state index is 0.176. The summed E-state index contributed by atoms with van der Waals surface area (Å²) in [7, 11) is 1.67. The third-order valence-electron chi connectivity index (χ3n) is 4.69. The second-order valence-corrected chi connectivity index (χ2v) is 6.43. The van der Waals surface area contributed by atoms with Crippen LogP contribution < -0.4 is 10.6 Å². The van der Waals surface area contributed by atoms with Crippen molar-refractivity contribution in [3.8, 4) is 0 Å². The van der Waals surface area contributed by atoms with Gasteiger partial charge in [0.05, 0.1) is 30.1 Å². The molecule has 1 aromatic rings. The van der Waals surface area contributed by atoms with E-state index in [1.165, 1.54) is 12.8 Å². The molecule has 0 saturated heterocycles.